The van der Waals surface area contributed by atoms with Gasteiger partial charge >= 0.3 is 0 Å². The van der Waals surface area contributed by atoms with Crippen LogP contribution in [-0.2, 0) is 4.79 Å². The van der Waals surface area contributed by atoms with Crippen molar-refractivity contribution in [1.82, 2.24) is 20.6 Å². The lowest BCUT2D eigenvalue weighted by Gasteiger charge is -2.26. The van der Waals surface area contributed by atoms with E-state index in [2.05, 4.69) is 45.0 Å². The lowest BCUT2D eigenvalue weighted by atomic mass is 10.2. The maximum absolute atomic E-state index is 12.5. The first-order valence-electron chi connectivity index (χ1n) is 11.3. The van der Waals surface area contributed by atoms with Gasteiger partial charge in [-0.25, -0.2) is 0 Å². The van der Waals surface area contributed by atoms with Crippen molar-refractivity contribution in [3.8, 4) is 17.2 Å². The molecule has 0 bridgehead atoms. The molecule has 2 N–H and O–H groups in total. The standard InChI is InChI=1S/C25H27N5O4/c1-2-3-4-5-6-16-32-19-13-10-18(11-14-19)12-15-23(31)26-20-8-7-9-21-24(20)34-22(17-33-21)25-27-29-30-28-25/h4-5,7-15,22H,2-3,6,16-17H2,1H3,(H,26,31)(H,27,28,29,30). The highest BCUT2D eigenvalue weighted by Crippen LogP contribution is 2.41. The molecule has 176 valence electrons. The molecule has 0 fully saturated rings. The summed E-state index contributed by atoms with van der Waals surface area (Å²) in [7, 11) is 0. The van der Waals surface area contributed by atoms with Gasteiger partial charge in [-0.1, -0.05) is 48.9 Å². The molecule has 0 saturated carbocycles. The van der Waals surface area contributed by atoms with Gasteiger partial charge in [0.05, 0.1) is 12.3 Å². The molecule has 0 aliphatic carbocycles. The number of unbranched alkanes of at least 4 members (excludes halogenated alkanes) is 1. The lowest BCUT2D eigenvalue weighted by molar-refractivity contribution is -0.111. The van der Waals surface area contributed by atoms with Crippen LogP contribution in [0.4, 0.5) is 5.69 Å². The number of fused-ring (bicyclic) bond motifs is 1. The number of anilines is 1. The molecule has 0 radical (unpaired) electrons. The number of benzene rings is 2. The van der Waals surface area contributed by atoms with E-state index in [0.29, 0.717) is 29.6 Å². The average Bonchev–Trinajstić information content (AvgIpc) is 3.41. The van der Waals surface area contributed by atoms with Crippen LogP contribution in [0.25, 0.3) is 6.08 Å². The highest BCUT2D eigenvalue weighted by Gasteiger charge is 2.28. The molecule has 1 atom stereocenters. The largest absolute Gasteiger partial charge is 0.493 e. The molecule has 9 heteroatoms. The van der Waals surface area contributed by atoms with E-state index in [4.69, 9.17) is 14.2 Å². The molecular formula is C25H27N5O4. The quantitative estimate of drug-likeness (QED) is 0.260. The number of nitrogens with one attached hydrogen (secondary N) is 2. The van der Waals surface area contributed by atoms with Gasteiger partial charge in [-0.2, -0.15) is 5.21 Å². The number of carbonyl (C=O) groups is 1. The van der Waals surface area contributed by atoms with Crippen LogP contribution in [0.1, 0.15) is 43.7 Å². The van der Waals surface area contributed by atoms with Crippen LogP contribution in [0.5, 0.6) is 17.2 Å². The number of aromatic amines is 1. The SMILES string of the molecule is CCCC=CCCOc1ccc(C=CC(=O)Nc2cccc3c2OC(c2nn[nH]n2)CO3)cc1. The van der Waals surface area contributed by atoms with Crippen LogP contribution in [0.3, 0.4) is 0 Å². The van der Waals surface area contributed by atoms with E-state index < -0.39 is 6.10 Å². The van der Waals surface area contributed by atoms with Crippen molar-refractivity contribution in [1.29, 1.82) is 0 Å². The highest BCUT2D eigenvalue weighted by molar-refractivity contribution is 6.03. The monoisotopic (exact) mass is 461 g/mol. The van der Waals surface area contributed by atoms with E-state index in [-0.39, 0.29) is 12.5 Å². The molecule has 1 aromatic heterocycles. The summed E-state index contributed by atoms with van der Waals surface area (Å²) < 4.78 is 17.5. The van der Waals surface area contributed by atoms with E-state index in [0.717, 1.165) is 30.6 Å². The summed E-state index contributed by atoms with van der Waals surface area (Å²) >= 11 is 0. The van der Waals surface area contributed by atoms with Gasteiger partial charge in [0.1, 0.15) is 12.4 Å². The van der Waals surface area contributed by atoms with Gasteiger partial charge < -0.3 is 19.5 Å². The number of ether oxygens (including phenoxy) is 3. The maximum atomic E-state index is 12.5. The van der Waals surface area contributed by atoms with Crippen LogP contribution in [0.15, 0.2) is 60.7 Å². The normalized spacial score (nSPS) is 15.0. The van der Waals surface area contributed by atoms with Gasteiger partial charge in [0, 0.05) is 6.08 Å². The summed E-state index contributed by atoms with van der Waals surface area (Å²) in [4.78, 5) is 12.5. The minimum Gasteiger partial charge on any atom is -0.493 e. The second-order valence-electron chi connectivity index (χ2n) is 7.61. The number of nitrogens with zero attached hydrogens (tertiary/aromatic N) is 3. The number of H-pyrrole nitrogens is 1. The van der Waals surface area contributed by atoms with Crippen LogP contribution < -0.4 is 19.5 Å². The number of aromatic nitrogens is 4. The molecule has 2 aromatic carbocycles. The molecule has 34 heavy (non-hydrogen) atoms. The zero-order valence-electron chi connectivity index (χ0n) is 18.9. The van der Waals surface area contributed by atoms with Gasteiger partial charge in [-0.15, -0.1) is 10.2 Å². The first-order chi connectivity index (χ1) is 16.7. The molecule has 3 aromatic rings. The highest BCUT2D eigenvalue weighted by atomic mass is 16.6. The summed E-state index contributed by atoms with van der Waals surface area (Å²) in [6.45, 7) is 3.05. The number of hydrogen-bond donors (Lipinski definition) is 2. The number of carbonyl (C=O) groups excluding carboxylic acids is 1. The van der Waals surface area contributed by atoms with Crippen LogP contribution in [-0.4, -0.2) is 39.7 Å². The summed E-state index contributed by atoms with van der Waals surface area (Å²) in [6, 6.07) is 12.9. The first-order valence-corrected chi connectivity index (χ1v) is 11.3. The Morgan fingerprint density at radius 3 is 2.85 bits per heavy atom. The van der Waals surface area contributed by atoms with Crippen LogP contribution in [0.2, 0.25) is 0 Å². The molecular weight excluding hydrogens is 434 g/mol. The van der Waals surface area contributed by atoms with Gasteiger partial charge in [-0.05, 0) is 48.7 Å². The van der Waals surface area contributed by atoms with Gasteiger partial charge in [-0.3, -0.25) is 4.79 Å². The van der Waals surface area contributed by atoms with Crippen molar-refractivity contribution in [2.45, 2.75) is 32.3 Å². The summed E-state index contributed by atoms with van der Waals surface area (Å²) in [5.74, 6) is 1.86. The Balaban J connectivity index is 1.31. The van der Waals surface area contributed by atoms with Crippen molar-refractivity contribution in [3.05, 3.63) is 72.1 Å². The average molecular weight is 462 g/mol. The van der Waals surface area contributed by atoms with E-state index in [1.165, 1.54) is 6.08 Å². The van der Waals surface area contributed by atoms with E-state index in [1.54, 1.807) is 24.3 Å². The Labute approximate surface area is 197 Å². The van der Waals surface area contributed by atoms with Crippen LogP contribution >= 0.6 is 0 Å². The summed E-state index contributed by atoms with van der Waals surface area (Å²) in [5.41, 5.74) is 1.38. The Morgan fingerprint density at radius 1 is 1.21 bits per heavy atom. The fourth-order valence-corrected chi connectivity index (χ4v) is 3.29. The molecule has 0 saturated heterocycles. The Morgan fingerprint density at radius 2 is 2.06 bits per heavy atom. The minimum absolute atomic E-state index is 0.249. The third-order valence-electron chi connectivity index (χ3n) is 5.02. The smallest absolute Gasteiger partial charge is 0.248 e. The molecule has 0 spiro atoms. The van der Waals surface area contributed by atoms with E-state index in [9.17, 15) is 4.79 Å². The van der Waals surface area contributed by atoms with Crippen molar-refractivity contribution in [2.24, 2.45) is 0 Å². The number of tetrazole rings is 1. The third kappa shape index (κ3) is 6.22. The second-order valence-corrected chi connectivity index (χ2v) is 7.61. The van der Waals surface area contributed by atoms with Crippen molar-refractivity contribution in [2.75, 3.05) is 18.5 Å². The van der Waals surface area contributed by atoms with Gasteiger partial charge in [0.2, 0.25) is 11.7 Å². The second kappa shape index (κ2) is 11.6. The molecule has 1 amide bonds. The van der Waals surface area contributed by atoms with Crippen molar-refractivity contribution in [3.63, 3.8) is 0 Å². The third-order valence-corrected chi connectivity index (χ3v) is 5.02. The number of para-hydroxylation sites is 1. The maximum Gasteiger partial charge on any atom is 0.248 e. The molecule has 2 heterocycles. The van der Waals surface area contributed by atoms with Crippen LogP contribution in [0, 0.1) is 0 Å². The van der Waals surface area contributed by atoms with E-state index >= 15 is 0 Å². The van der Waals surface area contributed by atoms with Crippen molar-refractivity contribution >= 4 is 17.7 Å². The molecule has 1 aliphatic rings. The number of amides is 1. The lowest BCUT2D eigenvalue weighted by Crippen LogP contribution is -2.24. The molecule has 9 nitrogen and oxygen atoms in total. The molecule has 1 unspecified atom stereocenters. The fraction of sp³-hybridized carbons (Fsp3) is 0.280. The first kappa shape index (κ1) is 23.0. The molecule has 1 aliphatic heterocycles. The Hall–Kier alpha value is -4.14. The predicted octanol–water partition coefficient (Wildman–Crippen LogP) is 4.49. The Bertz CT molecular complexity index is 1130. The van der Waals surface area contributed by atoms with Gasteiger partial charge in [0.15, 0.2) is 17.6 Å². The zero-order valence-corrected chi connectivity index (χ0v) is 18.9. The molecule has 4 rings (SSSR count). The van der Waals surface area contributed by atoms with Crippen molar-refractivity contribution < 1.29 is 19.0 Å². The number of hydrogen-bond acceptors (Lipinski definition) is 7. The zero-order chi connectivity index (χ0) is 23.6. The minimum atomic E-state index is -0.520. The summed E-state index contributed by atoms with van der Waals surface area (Å²) in [6.07, 6.45) is 10.1. The predicted molar refractivity (Wildman–Crippen MR) is 128 cm³/mol. The number of rotatable bonds is 10. The van der Waals surface area contributed by atoms with Gasteiger partial charge in [0.25, 0.3) is 0 Å². The number of allylic oxidation sites excluding steroid dienone is 1. The Kier molecular flexibility index (Phi) is 7.89. The van der Waals surface area contributed by atoms with E-state index in [1.807, 2.05) is 24.3 Å². The summed E-state index contributed by atoms with van der Waals surface area (Å²) in [5, 5.41) is 16.7. The fourth-order valence-electron chi connectivity index (χ4n) is 3.29. The topological polar surface area (TPSA) is 111 Å².